The molecule has 3 rings (SSSR count). The van der Waals surface area contributed by atoms with Crippen molar-refractivity contribution in [1.82, 2.24) is 9.88 Å². The summed E-state index contributed by atoms with van der Waals surface area (Å²) in [5.41, 5.74) is 1.41. The highest BCUT2D eigenvalue weighted by molar-refractivity contribution is 6.30. The van der Waals surface area contributed by atoms with Crippen LogP contribution < -0.4 is 4.90 Å². The largest absolute Gasteiger partial charge is 0.468 e. The van der Waals surface area contributed by atoms with Crippen LogP contribution in [0, 0.1) is 11.3 Å². The Bertz CT molecular complexity index is 794. The minimum atomic E-state index is -0.451. The van der Waals surface area contributed by atoms with Crippen LogP contribution >= 0.6 is 11.6 Å². The minimum absolute atomic E-state index is 0.280. The Labute approximate surface area is 157 Å². The number of hydrogen-bond acceptors (Lipinski definition) is 6. The van der Waals surface area contributed by atoms with Crippen molar-refractivity contribution in [3.05, 3.63) is 58.7 Å². The van der Waals surface area contributed by atoms with Gasteiger partial charge in [-0.25, -0.2) is 9.78 Å². The van der Waals surface area contributed by atoms with Crippen LogP contribution in [0.5, 0.6) is 0 Å². The monoisotopic (exact) mass is 370 g/mol. The van der Waals surface area contributed by atoms with Crippen molar-refractivity contribution in [1.29, 1.82) is 5.26 Å². The molecule has 2 aromatic rings. The Balaban J connectivity index is 1.72. The molecule has 1 aromatic heterocycles. The summed E-state index contributed by atoms with van der Waals surface area (Å²) >= 11 is 5.96. The molecule has 1 aromatic carbocycles. The number of aromatic nitrogens is 1. The van der Waals surface area contributed by atoms with Crippen molar-refractivity contribution < 1.29 is 9.53 Å². The van der Waals surface area contributed by atoms with Gasteiger partial charge < -0.3 is 9.64 Å². The molecule has 1 unspecified atom stereocenters. The number of pyridine rings is 1. The first-order valence-electron chi connectivity index (χ1n) is 8.31. The van der Waals surface area contributed by atoms with Crippen molar-refractivity contribution in [2.45, 2.75) is 6.04 Å². The second-order valence-corrected chi connectivity index (χ2v) is 6.45. The molecule has 1 aliphatic heterocycles. The highest BCUT2D eigenvalue weighted by Crippen LogP contribution is 2.26. The third-order valence-corrected chi connectivity index (χ3v) is 4.74. The fourth-order valence-corrected chi connectivity index (χ4v) is 3.23. The van der Waals surface area contributed by atoms with Crippen molar-refractivity contribution >= 4 is 23.4 Å². The lowest BCUT2D eigenvalue weighted by molar-refractivity contribution is -0.147. The highest BCUT2D eigenvalue weighted by Gasteiger charge is 2.31. The third kappa shape index (κ3) is 3.96. The van der Waals surface area contributed by atoms with Crippen LogP contribution in [0.1, 0.15) is 17.2 Å². The van der Waals surface area contributed by atoms with Crippen molar-refractivity contribution in [3.63, 3.8) is 0 Å². The van der Waals surface area contributed by atoms with Gasteiger partial charge in [-0.15, -0.1) is 0 Å². The number of nitriles is 1. The summed E-state index contributed by atoms with van der Waals surface area (Å²) in [6.07, 6.45) is 1.58. The van der Waals surface area contributed by atoms with E-state index >= 15 is 0 Å². The standard InChI is InChI=1S/C19H19ClN4O2/c1-26-19(25)18(15-3-5-16(20)6-4-15)24-10-8-23(9-11-24)17-7-2-14(12-21)13-22-17/h2-7,13,18H,8-11H2,1H3. The van der Waals surface area contributed by atoms with Gasteiger partial charge >= 0.3 is 5.97 Å². The van der Waals surface area contributed by atoms with Gasteiger partial charge in [0.25, 0.3) is 0 Å². The number of anilines is 1. The molecule has 2 heterocycles. The predicted octanol–water partition coefficient (Wildman–Crippen LogP) is 2.64. The van der Waals surface area contributed by atoms with Crippen LogP contribution in [0.15, 0.2) is 42.6 Å². The summed E-state index contributed by atoms with van der Waals surface area (Å²) in [7, 11) is 1.40. The van der Waals surface area contributed by atoms with E-state index in [4.69, 9.17) is 21.6 Å². The molecule has 0 spiro atoms. The Kier molecular flexibility index (Phi) is 5.71. The number of ether oxygens (including phenoxy) is 1. The molecule has 6 nitrogen and oxygen atoms in total. The van der Waals surface area contributed by atoms with Gasteiger partial charge in [0, 0.05) is 37.4 Å². The molecule has 26 heavy (non-hydrogen) atoms. The van der Waals surface area contributed by atoms with Crippen LogP contribution in [-0.4, -0.2) is 49.1 Å². The summed E-state index contributed by atoms with van der Waals surface area (Å²) in [5, 5.41) is 9.51. The second-order valence-electron chi connectivity index (χ2n) is 6.02. The van der Waals surface area contributed by atoms with Crippen molar-refractivity contribution in [2.75, 3.05) is 38.2 Å². The molecular weight excluding hydrogens is 352 g/mol. The number of carbonyl (C=O) groups excluding carboxylic acids is 1. The van der Waals surface area contributed by atoms with Crippen LogP contribution in [0.3, 0.4) is 0 Å². The number of esters is 1. The molecule has 0 aliphatic carbocycles. The van der Waals surface area contributed by atoms with Gasteiger partial charge in [-0.2, -0.15) is 5.26 Å². The Morgan fingerprint density at radius 1 is 1.19 bits per heavy atom. The van der Waals surface area contributed by atoms with Gasteiger partial charge in [0.05, 0.1) is 12.7 Å². The molecule has 1 fully saturated rings. The van der Waals surface area contributed by atoms with E-state index in [9.17, 15) is 4.79 Å². The molecule has 7 heteroatoms. The number of benzene rings is 1. The maximum atomic E-state index is 12.4. The van der Waals surface area contributed by atoms with E-state index in [1.165, 1.54) is 7.11 Å². The second kappa shape index (κ2) is 8.17. The molecule has 134 valence electrons. The number of nitrogens with zero attached hydrogens (tertiary/aromatic N) is 4. The first kappa shape index (κ1) is 18.2. The molecule has 0 amide bonds. The molecule has 1 atom stereocenters. The zero-order chi connectivity index (χ0) is 18.5. The molecule has 0 bridgehead atoms. The molecule has 0 radical (unpaired) electrons. The molecule has 1 saturated heterocycles. The van der Waals surface area contributed by atoms with Gasteiger partial charge in [-0.3, -0.25) is 4.90 Å². The van der Waals surface area contributed by atoms with E-state index in [1.807, 2.05) is 18.2 Å². The number of rotatable bonds is 4. The highest BCUT2D eigenvalue weighted by atomic mass is 35.5. The lowest BCUT2D eigenvalue weighted by atomic mass is 10.0. The molecule has 0 saturated carbocycles. The average Bonchev–Trinajstić information content (AvgIpc) is 2.70. The van der Waals surface area contributed by atoms with Gasteiger partial charge in [0.1, 0.15) is 17.9 Å². The van der Waals surface area contributed by atoms with Gasteiger partial charge in [-0.05, 0) is 29.8 Å². The van der Waals surface area contributed by atoms with E-state index in [1.54, 1.807) is 24.4 Å². The number of halogens is 1. The summed E-state index contributed by atoms with van der Waals surface area (Å²) in [6, 6.07) is 12.5. The molecule has 1 aliphatic rings. The summed E-state index contributed by atoms with van der Waals surface area (Å²) in [6.45, 7) is 2.87. The Morgan fingerprint density at radius 2 is 1.88 bits per heavy atom. The fraction of sp³-hybridized carbons (Fsp3) is 0.316. The van der Waals surface area contributed by atoms with Gasteiger partial charge in [-0.1, -0.05) is 23.7 Å². The van der Waals surface area contributed by atoms with E-state index in [2.05, 4.69) is 20.9 Å². The van der Waals surface area contributed by atoms with E-state index < -0.39 is 6.04 Å². The van der Waals surface area contributed by atoms with E-state index in [0.717, 1.165) is 24.5 Å². The van der Waals surface area contributed by atoms with Crippen LogP contribution in [-0.2, 0) is 9.53 Å². The summed E-state index contributed by atoms with van der Waals surface area (Å²) in [5.74, 6) is 0.557. The lowest BCUT2D eigenvalue weighted by Gasteiger charge is -2.38. The first-order chi connectivity index (χ1) is 12.6. The summed E-state index contributed by atoms with van der Waals surface area (Å²) in [4.78, 5) is 21.0. The first-order valence-corrected chi connectivity index (χ1v) is 8.68. The maximum absolute atomic E-state index is 12.4. The zero-order valence-corrected chi connectivity index (χ0v) is 15.2. The number of hydrogen-bond donors (Lipinski definition) is 0. The van der Waals surface area contributed by atoms with E-state index in [0.29, 0.717) is 23.7 Å². The van der Waals surface area contributed by atoms with Crippen LogP contribution in [0.4, 0.5) is 5.82 Å². The zero-order valence-electron chi connectivity index (χ0n) is 14.4. The normalized spacial score (nSPS) is 16.0. The van der Waals surface area contributed by atoms with Gasteiger partial charge in [0.2, 0.25) is 0 Å². The lowest BCUT2D eigenvalue weighted by Crippen LogP contribution is -2.49. The van der Waals surface area contributed by atoms with Crippen LogP contribution in [0.2, 0.25) is 5.02 Å². The van der Waals surface area contributed by atoms with Crippen molar-refractivity contribution in [3.8, 4) is 6.07 Å². The molecule has 0 N–H and O–H groups in total. The van der Waals surface area contributed by atoms with Crippen LogP contribution in [0.25, 0.3) is 0 Å². The number of carbonyl (C=O) groups is 1. The third-order valence-electron chi connectivity index (χ3n) is 4.49. The maximum Gasteiger partial charge on any atom is 0.327 e. The number of methoxy groups -OCH3 is 1. The number of piperazine rings is 1. The summed E-state index contributed by atoms with van der Waals surface area (Å²) < 4.78 is 5.02. The smallest absolute Gasteiger partial charge is 0.327 e. The Hall–Kier alpha value is -2.62. The fourth-order valence-electron chi connectivity index (χ4n) is 3.10. The minimum Gasteiger partial charge on any atom is -0.468 e. The quantitative estimate of drug-likeness (QED) is 0.770. The van der Waals surface area contributed by atoms with Gasteiger partial charge in [0.15, 0.2) is 0 Å². The van der Waals surface area contributed by atoms with E-state index in [-0.39, 0.29) is 5.97 Å². The topological polar surface area (TPSA) is 69.5 Å². The Morgan fingerprint density at radius 3 is 2.42 bits per heavy atom. The average molecular weight is 371 g/mol. The predicted molar refractivity (Wildman–Crippen MR) is 98.9 cm³/mol. The van der Waals surface area contributed by atoms with Crippen molar-refractivity contribution in [2.24, 2.45) is 0 Å². The SMILES string of the molecule is COC(=O)C(c1ccc(Cl)cc1)N1CCN(c2ccc(C#N)cn2)CC1. The molecular formula is C19H19ClN4O2.